The van der Waals surface area contributed by atoms with Crippen molar-refractivity contribution in [1.82, 2.24) is 0 Å². The molecule has 0 heterocycles. The zero-order valence-electron chi connectivity index (χ0n) is 11.5. The van der Waals surface area contributed by atoms with Crippen LogP contribution < -0.4 is 10.6 Å². The molecule has 0 bridgehead atoms. The van der Waals surface area contributed by atoms with Crippen LogP contribution in [-0.4, -0.2) is 12.5 Å². The average Bonchev–Trinajstić information content (AvgIpc) is 2.43. The summed E-state index contributed by atoms with van der Waals surface area (Å²) in [6.45, 7) is 4.24. The van der Waals surface area contributed by atoms with Crippen molar-refractivity contribution in [2.24, 2.45) is 0 Å². The number of nitrogens with one attached hydrogen (secondary N) is 2. The summed E-state index contributed by atoms with van der Waals surface area (Å²) < 4.78 is 12.7. The number of carbonyl (C=O) groups is 1. The lowest BCUT2D eigenvalue weighted by molar-refractivity contribution is -0.114. The first-order valence-corrected chi connectivity index (χ1v) is 6.41. The van der Waals surface area contributed by atoms with Crippen LogP contribution >= 0.6 is 0 Å². The lowest BCUT2D eigenvalue weighted by Gasteiger charge is -2.09. The molecule has 4 heteroatoms. The molecular weight excluding hydrogens is 255 g/mol. The van der Waals surface area contributed by atoms with E-state index in [1.165, 1.54) is 35.4 Å². The standard InChI is InChI=1S/C16H17FN2O/c1-11-3-6-15(9-12(11)2)18-10-16(20)19-14-7-4-13(17)5-8-14/h3-9,18H,10H2,1-2H3,(H,19,20). The molecule has 2 aromatic carbocycles. The summed E-state index contributed by atoms with van der Waals surface area (Å²) in [4.78, 5) is 11.8. The minimum Gasteiger partial charge on any atom is -0.376 e. The molecule has 0 unspecified atom stereocenters. The molecule has 3 nitrogen and oxygen atoms in total. The topological polar surface area (TPSA) is 41.1 Å². The van der Waals surface area contributed by atoms with Crippen molar-refractivity contribution in [2.45, 2.75) is 13.8 Å². The average molecular weight is 272 g/mol. The van der Waals surface area contributed by atoms with Gasteiger partial charge in [0.05, 0.1) is 6.54 Å². The van der Waals surface area contributed by atoms with Crippen LogP contribution in [0.25, 0.3) is 0 Å². The number of hydrogen-bond donors (Lipinski definition) is 2. The Morgan fingerprint density at radius 1 is 1.00 bits per heavy atom. The molecule has 0 saturated carbocycles. The molecule has 0 radical (unpaired) electrons. The van der Waals surface area contributed by atoms with Gasteiger partial charge in [-0.1, -0.05) is 6.07 Å². The molecule has 0 aromatic heterocycles. The van der Waals surface area contributed by atoms with Crippen LogP contribution in [0.5, 0.6) is 0 Å². The second kappa shape index (κ2) is 6.19. The Labute approximate surface area is 117 Å². The summed E-state index contributed by atoms with van der Waals surface area (Å²) in [5.74, 6) is -0.494. The minimum absolute atomic E-state index is 0.167. The predicted molar refractivity (Wildman–Crippen MR) is 79.4 cm³/mol. The molecule has 0 fully saturated rings. The lowest BCUT2D eigenvalue weighted by Crippen LogP contribution is -2.21. The molecular formula is C16H17FN2O. The molecule has 20 heavy (non-hydrogen) atoms. The van der Waals surface area contributed by atoms with Crippen LogP contribution in [0.2, 0.25) is 0 Å². The van der Waals surface area contributed by atoms with Crippen LogP contribution in [-0.2, 0) is 4.79 Å². The fourth-order valence-corrected chi connectivity index (χ4v) is 1.77. The van der Waals surface area contributed by atoms with Gasteiger partial charge < -0.3 is 10.6 Å². The predicted octanol–water partition coefficient (Wildman–Crippen LogP) is 3.49. The summed E-state index contributed by atoms with van der Waals surface area (Å²) in [5, 5.41) is 5.76. The van der Waals surface area contributed by atoms with E-state index in [0.717, 1.165) is 5.69 Å². The highest BCUT2D eigenvalue weighted by Gasteiger charge is 2.03. The van der Waals surface area contributed by atoms with E-state index in [1.807, 2.05) is 32.0 Å². The fraction of sp³-hybridized carbons (Fsp3) is 0.188. The highest BCUT2D eigenvalue weighted by molar-refractivity contribution is 5.93. The van der Waals surface area contributed by atoms with Crippen molar-refractivity contribution >= 4 is 17.3 Å². The van der Waals surface area contributed by atoms with Gasteiger partial charge >= 0.3 is 0 Å². The third-order valence-electron chi connectivity index (χ3n) is 3.09. The molecule has 0 saturated heterocycles. The zero-order chi connectivity index (χ0) is 14.5. The van der Waals surface area contributed by atoms with Gasteiger partial charge in [0.25, 0.3) is 0 Å². The monoisotopic (exact) mass is 272 g/mol. The van der Waals surface area contributed by atoms with E-state index in [-0.39, 0.29) is 18.3 Å². The van der Waals surface area contributed by atoms with Gasteiger partial charge in [0, 0.05) is 11.4 Å². The Kier molecular flexibility index (Phi) is 4.35. The number of anilines is 2. The molecule has 2 aromatic rings. The van der Waals surface area contributed by atoms with E-state index < -0.39 is 0 Å². The number of rotatable bonds is 4. The third-order valence-corrected chi connectivity index (χ3v) is 3.09. The smallest absolute Gasteiger partial charge is 0.243 e. The van der Waals surface area contributed by atoms with Gasteiger partial charge in [-0.25, -0.2) is 4.39 Å². The minimum atomic E-state index is -0.323. The van der Waals surface area contributed by atoms with E-state index in [4.69, 9.17) is 0 Å². The normalized spacial score (nSPS) is 10.2. The number of amides is 1. The highest BCUT2D eigenvalue weighted by Crippen LogP contribution is 2.14. The second-order valence-corrected chi connectivity index (χ2v) is 4.71. The Bertz CT molecular complexity index is 608. The first-order chi connectivity index (χ1) is 9.54. The molecule has 2 rings (SSSR count). The third kappa shape index (κ3) is 3.82. The molecule has 0 spiro atoms. The van der Waals surface area contributed by atoms with Gasteiger partial charge in [-0.3, -0.25) is 4.79 Å². The Balaban J connectivity index is 1.88. The van der Waals surface area contributed by atoms with Crippen molar-refractivity contribution in [1.29, 1.82) is 0 Å². The summed E-state index contributed by atoms with van der Waals surface area (Å²) in [6.07, 6.45) is 0. The van der Waals surface area contributed by atoms with Crippen LogP contribution in [0.3, 0.4) is 0 Å². The van der Waals surface area contributed by atoms with E-state index >= 15 is 0 Å². The van der Waals surface area contributed by atoms with Crippen LogP contribution in [0.15, 0.2) is 42.5 Å². The number of hydrogen-bond acceptors (Lipinski definition) is 2. The Hall–Kier alpha value is -2.36. The van der Waals surface area contributed by atoms with Gasteiger partial charge in [0.1, 0.15) is 5.82 Å². The van der Waals surface area contributed by atoms with E-state index in [1.54, 1.807) is 0 Å². The van der Waals surface area contributed by atoms with E-state index in [9.17, 15) is 9.18 Å². The molecule has 0 aliphatic rings. The summed E-state index contributed by atoms with van der Waals surface area (Å²) in [5.41, 5.74) is 3.88. The molecule has 0 atom stereocenters. The lowest BCUT2D eigenvalue weighted by atomic mass is 10.1. The van der Waals surface area contributed by atoms with Crippen molar-refractivity contribution in [3.63, 3.8) is 0 Å². The van der Waals surface area contributed by atoms with E-state index in [2.05, 4.69) is 10.6 Å². The molecule has 104 valence electrons. The maximum absolute atomic E-state index is 12.7. The summed E-state index contributed by atoms with van der Waals surface area (Å²) in [6, 6.07) is 11.6. The van der Waals surface area contributed by atoms with Gasteiger partial charge in [0.2, 0.25) is 5.91 Å². The highest BCUT2D eigenvalue weighted by atomic mass is 19.1. The molecule has 1 amide bonds. The van der Waals surface area contributed by atoms with Crippen molar-refractivity contribution in [3.8, 4) is 0 Å². The summed E-state index contributed by atoms with van der Waals surface area (Å²) >= 11 is 0. The van der Waals surface area contributed by atoms with Crippen molar-refractivity contribution < 1.29 is 9.18 Å². The SMILES string of the molecule is Cc1ccc(NCC(=O)Nc2ccc(F)cc2)cc1C. The number of halogens is 1. The van der Waals surface area contributed by atoms with Crippen LogP contribution in [0, 0.1) is 19.7 Å². The van der Waals surface area contributed by atoms with Crippen LogP contribution in [0.4, 0.5) is 15.8 Å². The Morgan fingerprint density at radius 2 is 1.65 bits per heavy atom. The van der Waals surface area contributed by atoms with Gasteiger partial charge in [0.15, 0.2) is 0 Å². The van der Waals surface area contributed by atoms with Crippen LogP contribution in [0.1, 0.15) is 11.1 Å². The van der Waals surface area contributed by atoms with E-state index in [0.29, 0.717) is 5.69 Å². The largest absolute Gasteiger partial charge is 0.376 e. The van der Waals surface area contributed by atoms with Gasteiger partial charge in [-0.05, 0) is 61.4 Å². The summed E-state index contributed by atoms with van der Waals surface area (Å²) in [7, 11) is 0. The maximum atomic E-state index is 12.7. The van der Waals surface area contributed by atoms with Crippen molar-refractivity contribution in [2.75, 3.05) is 17.2 Å². The zero-order valence-corrected chi connectivity index (χ0v) is 11.5. The number of benzene rings is 2. The first kappa shape index (κ1) is 14.1. The van der Waals surface area contributed by atoms with Crippen molar-refractivity contribution in [3.05, 3.63) is 59.4 Å². The van der Waals surface area contributed by atoms with Gasteiger partial charge in [-0.2, -0.15) is 0 Å². The molecule has 2 N–H and O–H groups in total. The fourth-order valence-electron chi connectivity index (χ4n) is 1.77. The number of carbonyl (C=O) groups excluding carboxylic acids is 1. The second-order valence-electron chi connectivity index (χ2n) is 4.71. The molecule has 0 aliphatic carbocycles. The van der Waals surface area contributed by atoms with Gasteiger partial charge in [-0.15, -0.1) is 0 Å². The maximum Gasteiger partial charge on any atom is 0.243 e. The number of aryl methyl sites for hydroxylation is 2. The Morgan fingerprint density at radius 3 is 2.30 bits per heavy atom. The molecule has 0 aliphatic heterocycles. The first-order valence-electron chi connectivity index (χ1n) is 6.41. The quantitative estimate of drug-likeness (QED) is 0.894.